The third-order valence-corrected chi connectivity index (χ3v) is 3.03. The van der Waals surface area contributed by atoms with Gasteiger partial charge in [-0.1, -0.05) is 69.9 Å². The van der Waals surface area contributed by atoms with Crippen molar-refractivity contribution >= 4 is 5.97 Å². The van der Waals surface area contributed by atoms with E-state index >= 15 is 0 Å². The molecule has 0 radical (unpaired) electrons. The lowest BCUT2D eigenvalue weighted by atomic mass is 10.1. The first kappa shape index (κ1) is 19.7. The molecule has 3 nitrogen and oxygen atoms in total. The predicted molar refractivity (Wildman–Crippen MR) is 87.0 cm³/mol. The van der Waals surface area contributed by atoms with Crippen molar-refractivity contribution in [3.8, 4) is 0 Å². The van der Waals surface area contributed by atoms with Crippen LogP contribution in [-0.4, -0.2) is 17.7 Å². The fourth-order valence-corrected chi connectivity index (χ4v) is 1.90. The van der Waals surface area contributed by atoms with Gasteiger partial charge in [0, 0.05) is 13.0 Å². The van der Waals surface area contributed by atoms with Gasteiger partial charge in [0.15, 0.2) is 0 Å². The molecule has 0 aromatic heterocycles. The van der Waals surface area contributed by atoms with E-state index in [-0.39, 0.29) is 12.6 Å². The molecule has 0 saturated carbocycles. The van der Waals surface area contributed by atoms with E-state index in [1.54, 1.807) is 0 Å². The Labute approximate surface area is 129 Å². The minimum atomic E-state index is -0.112. The van der Waals surface area contributed by atoms with Crippen LogP contribution in [0.15, 0.2) is 30.3 Å². The summed E-state index contributed by atoms with van der Waals surface area (Å²) in [4.78, 5) is 11.5. The lowest BCUT2D eigenvalue weighted by Crippen LogP contribution is -2.04. The Kier molecular flexibility index (Phi) is 14.1. The highest BCUT2D eigenvalue weighted by Crippen LogP contribution is 2.08. The normalized spacial score (nSPS) is 9.67. The van der Waals surface area contributed by atoms with Crippen molar-refractivity contribution < 1.29 is 14.6 Å². The highest BCUT2D eigenvalue weighted by Gasteiger charge is 2.02. The molecule has 0 atom stereocenters. The third-order valence-electron chi connectivity index (χ3n) is 3.03. The SMILES string of the molecule is CC.O=C(CCCCCCCCO)OCc1ccccc1. The maximum absolute atomic E-state index is 11.5. The number of aliphatic hydroxyl groups excluding tert-OH is 1. The molecule has 0 spiro atoms. The highest BCUT2D eigenvalue weighted by atomic mass is 16.5. The van der Waals surface area contributed by atoms with Crippen LogP contribution < -0.4 is 0 Å². The summed E-state index contributed by atoms with van der Waals surface area (Å²) in [6, 6.07) is 9.73. The van der Waals surface area contributed by atoms with Gasteiger partial charge in [0.25, 0.3) is 0 Å². The Morgan fingerprint density at radius 1 is 0.952 bits per heavy atom. The van der Waals surface area contributed by atoms with Crippen molar-refractivity contribution in [2.45, 2.75) is 65.4 Å². The number of ether oxygens (including phenoxy) is 1. The molecule has 21 heavy (non-hydrogen) atoms. The van der Waals surface area contributed by atoms with Gasteiger partial charge in [-0.25, -0.2) is 0 Å². The van der Waals surface area contributed by atoms with Gasteiger partial charge >= 0.3 is 5.97 Å². The van der Waals surface area contributed by atoms with Gasteiger partial charge in [0.1, 0.15) is 6.61 Å². The van der Waals surface area contributed by atoms with Crippen LogP contribution in [0.4, 0.5) is 0 Å². The first-order valence-corrected chi connectivity index (χ1v) is 8.13. The molecule has 1 rings (SSSR count). The van der Waals surface area contributed by atoms with Crippen LogP contribution in [0.5, 0.6) is 0 Å². The van der Waals surface area contributed by atoms with Crippen molar-refractivity contribution in [1.29, 1.82) is 0 Å². The molecule has 0 fully saturated rings. The zero-order valence-corrected chi connectivity index (χ0v) is 13.5. The summed E-state index contributed by atoms with van der Waals surface area (Å²) in [5, 5.41) is 8.63. The van der Waals surface area contributed by atoms with E-state index in [4.69, 9.17) is 9.84 Å². The average Bonchev–Trinajstić information content (AvgIpc) is 2.55. The highest BCUT2D eigenvalue weighted by molar-refractivity contribution is 5.69. The van der Waals surface area contributed by atoms with Gasteiger partial charge < -0.3 is 9.84 Å². The van der Waals surface area contributed by atoms with Crippen LogP contribution in [0, 0.1) is 0 Å². The number of carbonyl (C=O) groups is 1. The number of unbranched alkanes of at least 4 members (excludes halogenated alkanes) is 5. The smallest absolute Gasteiger partial charge is 0.306 e. The molecule has 1 aromatic rings. The average molecular weight is 294 g/mol. The van der Waals surface area contributed by atoms with E-state index in [1.165, 1.54) is 0 Å². The summed E-state index contributed by atoms with van der Waals surface area (Å²) in [5.74, 6) is -0.112. The Hall–Kier alpha value is -1.35. The third kappa shape index (κ3) is 12.1. The number of carbonyl (C=O) groups excluding carboxylic acids is 1. The minimum absolute atomic E-state index is 0.112. The molecule has 0 heterocycles. The zero-order valence-electron chi connectivity index (χ0n) is 13.5. The van der Waals surface area contributed by atoms with Crippen molar-refractivity contribution in [2.75, 3.05) is 6.61 Å². The number of hydrogen-bond donors (Lipinski definition) is 1. The summed E-state index contributed by atoms with van der Waals surface area (Å²) >= 11 is 0. The Morgan fingerprint density at radius 3 is 2.14 bits per heavy atom. The van der Waals surface area contributed by atoms with Crippen LogP contribution in [-0.2, 0) is 16.1 Å². The monoisotopic (exact) mass is 294 g/mol. The Bertz CT molecular complexity index is 336. The number of hydrogen-bond acceptors (Lipinski definition) is 3. The number of benzene rings is 1. The number of rotatable bonds is 10. The van der Waals surface area contributed by atoms with E-state index in [0.717, 1.165) is 44.1 Å². The van der Waals surface area contributed by atoms with Crippen LogP contribution in [0.3, 0.4) is 0 Å². The van der Waals surface area contributed by atoms with Crippen molar-refractivity contribution in [1.82, 2.24) is 0 Å². The standard InChI is InChI=1S/C16H24O3.C2H6/c17-13-9-4-2-1-3-8-12-16(18)19-14-15-10-6-5-7-11-15;1-2/h5-7,10-11,17H,1-4,8-9,12-14H2;1-2H3. The van der Waals surface area contributed by atoms with E-state index in [2.05, 4.69) is 0 Å². The van der Waals surface area contributed by atoms with Crippen molar-refractivity contribution in [2.24, 2.45) is 0 Å². The summed E-state index contributed by atoms with van der Waals surface area (Å²) in [5.41, 5.74) is 1.03. The summed E-state index contributed by atoms with van der Waals surface area (Å²) in [7, 11) is 0. The molecule has 0 saturated heterocycles. The van der Waals surface area contributed by atoms with Gasteiger partial charge in [-0.3, -0.25) is 4.79 Å². The van der Waals surface area contributed by atoms with Gasteiger partial charge in [-0.15, -0.1) is 0 Å². The second-order valence-corrected chi connectivity index (χ2v) is 4.74. The maximum atomic E-state index is 11.5. The molecular weight excluding hydrogens is 264 g/mol. The summed E-state index contributed by atoms with van der Waals surface area (Å²) in [6.45, 7) is 4.65. The Balaban J connectivity index is 0.00000191. The quantitative estimate of drug-likeness (QED) is 0.511. The fourth-order valence-electron chi connectivity index (χ4n) is 1.90. The summed E-state index contributed by atoms with van der Waals surface area (Å²) in [6.07, 6.45) is 6.70. The van der Waals surface area contributed by atoms with Crippen molar-refractivity contribution in [3.05, 3.63) is 35.9 Å². The topological polar surface area (TPSA) is 46.5 Å². The molecule has 1 N–H and O–H groups in total. The maximum Gasteiger partial charge on any atom is 0.306 e. The van der Waals surface area contributed by atoms with Crippen LogP contribution in [0.2, 0.25) is 0 Å². The molecule has 3 heteroatoms. The molecule has 0 aliphatic carbocycles. The van der Waals surface area contributed by atoms with Gasteiger partial charge in [0.2, 0.25) is 0 Å². The molecule has 0 unspecified atom stereocenters. The van der Waals surface area contributed by atoms with E-state index in [0.29, 0.717) is 13.0 Å². The second-order valence-electron chi connectivity index (χ2n) is 4.74. The van der Waals surface area contributed by atoms with Gasteiger partial charge in [-0.05, 0) is 18.4 Å². The molecule has 0 bridgehead atoms. The van der Waals surface area contributed by atoms with E-state index < -0.39 is 0 Å². The first-order chi connectivity index (χ1) is 10.3. The minimum Gasteiger partial charge on any atom is -0.461 e. The molecule has 0 amide bonds. The largest absolute Gasteiger partial charge is 0.461 e. The van der Waals surface area contributed by atoms with Crippen LogP contribution in [0.25, 0.3) is 0 Å². The second kappa shape index (κ2) is 15.0. The fraction of sp³-hybridized carbons (Fsp3) is 0.611. The zero-order chi connectivity index (χ0) is 15.8. The molecular formula is C18H30O3. The molecule has 0 aliphatic rings. The molecule has 0 aliphatic heterocycles. The number of esters is 1. The predicted octanol–water partition coefficient (Wildman–Crippen LogP) is 4.48. The molecule has 120 valence electrons. The van der Waals surface area contributed by atoms with E-state index in [1.807, 2.05) is 44.2 Å². The lowest BCUT2D eigenvalue weighted by Gasteiger charge is -2.05. The molecule has 1 aromatic carbocycles. The lowest BCUT2D eigenvalue weighted by molar-refractivity contribution is -0.145. The van der Waals surface area contributed by atoms with Crippen molar-refractivity contribution in [3.63, 3.8) is 0 Å². The first-order valence-electron chi connectivity index (χ1n) is 8.13. The van der Waals surface area contributed by atoms with E-state index in [9.17, 15) is 4.79 Å². The summed E-state index contributed by atoms with van der Waals surface area (Å²) < 4.78 is 5.20. The Morgan fingerprint density at radius 2 is 1.52 bits per heavy atom. The number of aliphatic hydroxyl groups is 1. The van der Waals surface area contributed by atoms with Crippen LogP contribution >= 0.6 is 0 Å². The van der Waals surface area contributed by atoms with Gasteiger partial charge in [-0.2, -0.15) is 0 Å². The van der Waals surface area contributed by atoms with Gasteiger partial charge in [0.05, 0.1) is 0 Å². The van der Waals surface area contributed by atoms with Crippen LogP contribution in [0.1, 0.15) is 64.4 Å².